The van der Waals surface area contributed by atoms with Crippen LogP contribution in [0.1, 0.15) is 29.3 Å². The first-order chi connectivity index (χ1) is 14.8. The van der Waals surface area contributed by atoms with E-state index >= 15 is 0 Å². The van der Waals surface area contributed by atoms with Gasteiger partial charge in [-0.3, -0.25) is 9.59 Å². The zero-order valence-corrected chi connectivity index (χ0v) is 16.9. The molecule has 9 heteroatoms. The van der Waals surface area contributed by atoms with Gasteiger partial charge in [-0.2, -0.15) is 8.78 Å². The van der Waals surface area contributed by atoms with E-state index in [0.29, 0.717) is 23.2 Å². The number of nitrogens with one attached hydrogen (secondary N) is 1. The lowest BCUT2D eigenvalue weighted by Gasteiger charge is -2.10. The van der Waals surface area contributed by atoms with Crippen molar-refractivity contribution in [3.63, 3.8) is 0 Å². The van der Waals surface area contributed by atoms with Crippen molar-refractivity contribution in [1.29, 1.82) is 0 Å². The molecule has 31 heavy (non-hydrogen) atoms. The first-order valence-corrected chi connectivity index (χ1v) is 9.23. The SMILES string of the molecule is CCC(=O)Nc1ccc(C(=O)COC(=O)/C=C/c2ccc(OC(F)F)c(OC)c2)cc1. The molecule has 0 heterocycles. The average molecular weight is 433 g/mol. The lowest BCUT2D eigenvalue weighted by molar-refractivity contribution is -0.136. The quantitative estimate of drug-likeness (QED) is 0.345. The van der Waals surface area contributed by atoms with E-state index in [2.05, 4.69) is 10.1 Å². The van der Waals surface area contributed by atoms with E-state index in [4.69, 9.17) is 9.47 Å². The van der Waals surface area contributed by atoms with Crippen molar-refractivity contribution < 1.29 is 37.4 Å². The lowest BCUT2D eigenvalue weighted by Crippen LogP contribution is -2.13. The maximum atomic E-state index is 12.4. The summed E-state index contributed by atoms with van der Waals surface area (Å²) in [5, 5.41) is 2.66. The summed E-state index contributed by atoms with van der Waals surface area (Å²) in [5.74, 6) is -1.38. The molecule has 1 N–H and O–H groups in total. The number of alkyl halides is 2. The molecule has 7 nitrogen and oxygen atoms in total. The van der Waals surface area contributed by atoms with E-state index in [-0.39, 0.29) is 17.4 Å². The molecule has 0 aliphatic rings. The normalized spacial score (nSPS) is 10.7. The summed E-state index contributed by atoms with van der Waals surface area (Å²) in [7, 11) is 1.30. The Morgan fingerprint density at radius 1 is 1.06 bits per heavy atom. The standard InChI is InChI=1S/C22H21F2NO6/c1-3-20(27)25-16-8-6-15(7-9-16)17(26)13-30-21(28)11-5-14-4-10-18(31-22(23)24)19(12-14)29-2/h4-12,22H,3,13H2,1-2H3,(H,25,27)/b11-5+. The molecule has 0 aliphatic carbocycles. The van der Waals surface area contributed by atoms with Gasteiger partial charge in [0, 0.05) is 23.7 Å². The molecule has 0 aromatic heterocycles. The number of amides is 1. The van der Waals surface area contributed by atoms with Gasteiger partial charge in [-0.15, -0.1) is 0 Å². The van der Waals surface area contributed by atoms with Gasteiger partial charge >= 0.3 is 12.6 Å². The van der Waals surface area contributed by atoms with Gasteiger partial charge in [-0.05, 0) is 48.0 Å². The van der Waals surface area contributed by atoms with Gasteiger partial charge in [-0.1, -0.05) is 13.0 Å². The number of halogens is 2. The minimum absolute atomic E-state index is 0.0737. The fraction of sp³-hybridized carbons (Fsp3) is 0.227. The summed E-state index contributed by atoms with van der Waals surface area (Å²) in [6.07, 6.45) is 2.82. The molecule has 0 unspecified atom stereocenters. The fourth-order valence-corrected chi connectivity index (χ4v) is 2.40. The highest BCUT2D eigenvalue weighted by Gasteiger charge is 2.11. The van der Waals surface area contributed by atoms with Gasteiger partial charge in [-0.25, -0.2) is 4.79 Å². The Morgan fingerprint density at radius 2 is 1.77 bits per heavy atom. The predicted octanol–water partition coefficient (Wildman–Crippen LogP) is 4.08. The average Bonchev–Trinajstić information content (AvgIpc) is 2.76. The Kier molecular flexibility index (Phi) is 8.68. The van der Waals surface area contributed by atoms with E-state index in [1.54, 1.807) is 19.1 Å². The topological polar surface area (TPSA) is 90.9 Å². The van der Waals surface area contributed by atoms with Crippen LogP contribution in [-0.2, 0) is 14.3 Å². The summed E-state index contributed by atoms with van der Waals surface area (Å²) < 4.78 is 38.9. The fourth-order valence-electron chi connectivity index (χ4n) is 2.40. The Balaban J connectivity index is 1.90. The maximum Gasteiger partial charge on any atom is 0.387 e. The molecule has 0 spiro atoms. The number of ketones is 1. The van der Waals surface area contributed by atoms with Crippen LogP contribution in [0, 0.1) is 0 Å². The zero-order chi connectivity index (χ0) is 22.8. The third-order valence-electron chi connectivity index (χ3n) is 3.97. The monoisotopic (exact) mass is 433 g/mol. The number of Topliss-reactive ketones (excluding diaryl/α,β-unsaturated/α-hetero) is 1. The zero-order valence-electron chi connectivity index (χ0n) is 16.9. The van der Waals surface area contributed by atoms with Crippen LogP contribution in [0.4, 0.5) is 14.5 Å². The Morgan fingerprint density at radius 3 is 2.39 bits per heavy atom. The summed E-state index contributed by atoms with van der Waals surface area (Å²) in [6, 6.07) is 10.3. The third kappa shape index (κ3) is 7.54. The van der Waals surface area contributed by atoms with Crippen LogP contribution in [-0.4, -0.2) is 38.0 Å². The van der Waals surface area contributed by atoms with E-state index < -0.39 is 25.0 Å². The van der Waals surface area contributed by atoms with Gasteiger partial charge in [0.05, 0.1) is 7.11 Å². The first kappa shape index (κ1) is 23.5. The molecule has 0 aliphatic heterocycles. The van der Waals surface area contributed by atoms with Crippen molar-refractivity contribution >= 4 is 29.4 Å². The molecule has 0 saturated heterocycles. The van der Waals surface area contributed by atoms with Crippen LogP contribution >= 0.6 is 0 Å². The molecule has 1 amide bonds. The largest absolute Gasteiger partial charge is 0.493 e. The van der Waals surface area contributed by atoms with Crippen molar-refractivity contribution in [2.75, 3.05) is 19.0 Å². The highest BCUT2D eigenvalue weighted by Crippen LogP contribution is 2.29. The second kappa shape index (κ2) is 11.4. The van der Waals surface area contributed by atoms with Crippen LogP contribution in [0.5, 0.6) is 11.5 Å². The number of ether oxygens (including phenoxy) is 3. The summed E-state index contributed by atoms with van der Waals surface area (Å²) in [5.41, 5.74) is 1.36. The molecule has 0 bridgehead atoms. The third-order valence-corrected chi connectivity index (χ3v) is 3.97. The highest BCUT2D eigenvalue weighted by molar-refractivity contribution is 5.99. The number of carbonyl (C=O) groups is 3. The van der Waals surface area contributed by atoms with Crippen molar-refractivity contribution in [3.8, 4) is 11.5 Å². The molecule has 2 aromatic rings. The molecular weight excluding hydrogens is 412 g/mol. The second-order valence-corrected chi connectivity index (χ2v) is 6.13. The molecular formula is C22H21F2NO6. The number of hydrogen-bond acceptors (Lipinski definition) is 6. The van der Waals surface area contributed by atoms with E-state index in [0.717, 1.165) is 6.08 Å². The summed E-state index contributed by atoms with van der Waals surface area (Å²) in [6.45, 7) is -1.73. The Labute approximate surface area is 177 Å². The number of anilines is 1. The first-order valence-electron chi connectivity index (χ1n) is 9.23. The lowest BCUT2D eigenvalue weighted by atomic mass is 10.1. The molecule has 164 valence electrons. The van der Waals surface area contributed by atoms with Crippen LogP contribution in [0.15, 0.2) is 48.5 Å². The number of esters is 1. The highest BCUT2D eigenvalue weighted by atomic mass is 19.3. The number of hydrogen-bond donors (Lipinski definition) is 1. The van der Waals surface area contributed by atoms with Crippen LogP contribution in [0.2, 0.25) is 0 Å². The molecule has 2 rings (SSSR count). The minimum Gasteiger partial charge on any atom is -0.493 e. The number of carbonyl (C=O) groups excluding carboxylic acids is 3. The van der Waals surface area contributed by atoms with Gasteiger partial charge in [0.15, 0.2) is 23.9 Å². The van der Waals surface area contributed by atoms with E-state index in [1.165, 1.54) is 43.5 Å². The van der Waals surface area contributed by atoms with Crippen molar-refractivity contribution in [1.82, 2.24) is 0 Å². The number of benzene rings is 2. The molecule has 0 fully saturated rings. The maximum absolute atomic E-state index is 12.4. The Hall–Kier alpha value is -3.75. The molecule has 2 aromatic carbocycles. The van der Waals surface area contributed by atoms with Crippen LogP contribution < -0.4 is 14.8 Å². The van der Waals surface area contributed by atoms with Gasteiger partial charge in [0.1, 0.15) is 0 Å². The van der Waals surface area contributed by atoms with E-state index in [9.17, 15) is 23.2 Å². The number of rotatable bonds is 10. The molecule has 0 radical (unpaired) electrons. The van der Waals surface area contributed by atoms with Crippen LogP contribution in [0.25, 0.3) is 6.08 Å². The predicted molar refractivity (Wildman–Crippen MR) is 109 cm³/mol. The van der Waals surface area contributed by atoms with E-state index in [1.807, 2.05) is 0 Å². The van der Waals surface area contributed by atoms with Crippen LogP contribution in [0.3, 0.4) is 0 Å². The summed E-state index contributed by atoms with van der Waals surface area (Å²) >= 11 is 0. The Bertz CT molecular complexity index is 957. The van der Waals surface area contributed by atoms with Crippen molar-refractivity contribution in [3.05, 3.63) is 59.7 Å². The van der Waals surface area contributed by atoms with Gasteiger partial charge < -0.3 is 19.5 Å². The minimum atomic E-state index is -2.99. The van der Waals surface area contributed by atoms with Crippen molar-refractivity contribution in [2.24, 2.45) is 0 Å². The smallest absolute Gasteiger partial charge is 0.387 e. The van der Waals surface area contributed by atoms with Gasteiger partial charge in [0.25, 0.3) is 0 Å². The number of methoxy groups -OCH3 is 1. The second-order valence-electron chi connectivity index (χ2n) is 6.13. The van der Waals surface area contributed by atoms with Gasteiger partial charge in [0.2, 0.25) is 5.91 Å². The molecule has 0 saturated carbocycles. The summed E-state index contributed by atoms with van der Waals surface area (Å²) in [4.78, 5) is 35.4. The molecule has 0 atom stereocenters. The van der Waals surface area contributed by atoms with Crippen molar-refractivity contribution in [2.45, 2.75) is 20.0 Å².